The second kappa shape index (κ2) is 6.64. The van der Waals surface area contributed by atoms with Crippen LogP contribution in [-0.4, -0.2) is 16.8 Å². The van der Waals surface area contributed by atoms with Crippen molar-refractivity contribution in [1.82, 2.24) is 15.8 Å². The van der Waals surface area contributed by atoms with Crippen LogP contribution < -0.4 is 10.9 Å². The van der Waals surface area contributed by atoms with E-state index < -0.39 is 5.91 Å². The Balaban J connectivity index is 1.43. The fourth-order valence-corrected chi connectivity index (χ4v) is 4.18. The normalized spacial score (nSPS) is 13.3. The number of para-hydroxylation sites is 1. The molecule has 25 heavy (non-hydrogen) atoms. The summed E-state index contributed by atoms with van der Waals surface area (Å²) in [6, 6.07) is 13.0. The predicted octanol–water partition coefficient (Wildman–Crippen LogP) is 3.25. The maximum atomic E-state index is 12.3. The van der Waals surface area contributed by atoms with Gasteiger partial charge >= 0.3 is 0 Å². The first-order valence-electron chi connectivity index (χ1n) is 8.29. The standard InChI is InChI=1S/C19H17N3O2S/c23-18(15-10-9-12-5-1-3-7-14(12)20-15)21-22-19(24)17-11-13-6-2-4-8-16(13)25-17/h1,3,5,7,9-11H,2,4,6,8H2,(H,21,23)(H,22,24). The van der Waals surface area contributed by atoms with Crippen LogP contribution in [0.3, 0.4) is 0 Å². The number of fused-ring (bicyclic) bond motifs is 2. The van der Waals surface area contributed by atoms with Crippen LogP contribution >= 0.6 is 11.3 Å². The largest absolute Gasteiger partial charge is 0.288 e. The molecular formula is C19H17N3O2S. The first-order chi connectivity index (χ1) is 12.2. The van der Waals surface area contributed by atoms with E-state index >= 15 is 0 Å². The Morgan fingerprint density at radius 2 is 1.76 bits per heavy atom. The minimum absolute atomic E-state index is 0.268. The van der Waals surface area contributed by atoms with Gasteiger partial charge in [0.25, 0.3) is 11.8 Å². The Bertz CT molecular complexity index is 941. The smallest absolute Gasteiger partial charge is 0.266 e. The van der Waals surface area contributed by atoms with Crippen molar-refractivity contribution in [2.75, 3.05) is 0 Å². The summed E-state index contributed by atoms with van der Waals surface area (Å²) in [5.41, 5.74) is 7.21. The van der Waals surface area contributed by atoms with Gasteiger partial charge in [-0.3, -0.25) is 20.4 Å². The number of aromatic nitrogens is 1. The molecule has 0 unspecified atom stereocenters. The quantitative estimate of drug-likeness (QED) is 0.696. The fraction of sp³-hybridized carbons (Fsp3) is 0.211. The van der Waals surface area contributed by atoms with Gasteiger partial charge in [-0.15, -0.1) is 11.3 Å². The Labute approximate surface area is 149 Å². The van der Waals surface area contributed by atoms with Gasteiger partial charge < -0.3 is 0 Å². The third-order valence-electron chi connectivity index (χ3n) is 4.34. The van der Waals surface area contributed by atoms with E-state index in [-0.39, 0.29) is 11.6 Å². The van der Waals surface area contributed by atoms with Crippen molar-refractivity contribution >= 4 is 34.1 Å². The summed E-state index contributed by atoms with van der Waals surface area (Å²) in [6.45, 7) is 0. The number of nitrogens with zero attached hydrogens (tertiary/aromatic N) is 1. The SMILES string of the molecule is O=C(NNC(=O)c1cc2c(s1)CCCC2)c1ccc2ccccc2n1. The maximum absolute atomic E-state index is 12.3. The molecule has 6 heteroatoms. The molecule has 1 aliphatic carbocycles. The van der Waals surface area contributed by atoms with Gasteiger partial charge in [-0.1, -0.05) is 24.3 Å². The monoisotopic (exact) mass is 351 g/mol. The molecular weight excluding hydrogens is 334 g/mol. The lowest BCUT2D eigenvalue weighted by molar-refractivity contribution is 0.0846. The van der Waals surface area contributed by atoms with Gasteiger partial charge in [-0.05, 0) is 49.4 Å². The molecule has 4 rings (SSSR count). The predicted molar refractivity (Wildman–Crippen MR) is 97.6 cm³/mol. The number of hydrogen-bond donors (Lipinski definition) is 2. The number of rotatable bonds is 2. The summed E-state index contributed by atoms with van der Waals surface area (Å²) in [7, 11) is 0. The van der Waals surface area contributed by atoms with E-state index in [4.69, 9.17) is 0 Å². The lowest BCUT2D eigenvalue weighted by Crippen LogP contribution is -2.41. The van der Waals surface area contributed by atoms with Crippen molar-refractivity contribution in [3.8, 4) is 0 Å². The Kier molecular flexibility index (Phi) is 4.19. The van der Waals surface area contributed by atoms with Crippen LogP contribution in [0.5, 0.6) is 0 Å². The van der Waals surface area contributed by atoms with Gasteiger partial charge in [0.05, 0.1) is 10.4 Å². The van der Waals surface area contributed by atoms with Crippen molar-refractivity contribution in [3.05, 3.63) is 63.5 Å². The van der Waals surface area contributed by atoms with Gasteiger partial charge in [-0.2, -0.15) is 0 Å². The highest BCUT2D eigenvalue weighted by Crippen LogP contribution is 2.29. The molecule has 0 spiro atoms. The highest BCUT2D eigenvalue weighted by Gasteiger charge is 2.18. The van der Waals surface area contributed by atoms with Crippen molar-refractivity contribution in [1.29, 1.82) is 0 Å². The lowest BCUT2D eigenvalue weighted by Gasteiger charge is -2.08. The summed E-state index contributed by atoms with van der Waals surface area (Å²) in [5.74, 6) is -0.714. The highest BCUT2D eigenvalue weighted by atomic mass is 32.1. The van der Waals surface area contributed by atoms with E-state index in [2.05, 4.69) is 15.8 Å². The van der Waals surface area contributed by atoms with Crippen LogP contribution in [0.15, 0.2) is 42.5 Å². The Morgan fingerprint density at radius 1 is 0.960 bits per heavy atom. The average molecular weight is 351 g/mol. The van der Waals surface area contributed by atoms with Gasteiger partial charge in [-0.25, -0.2) is 4.98 Å². The molecule has 0 saturated carbocycles. The zero-order chi connectivity index (χ0) is 17.2. The fourth-order valence-electron chi connectivity index (χ4n) is 3.03. The zero-order valence-electron chi connectivity index (χ0n) is 13.5. The van der Waals surface area contributed by atoms with Crippen LogP contribution in [-0.2, 0) is 12.8 Å². The molecule has 0 fully saturated rings. The van der Waals surface area contributed by atoms with Gasteiger partial charge in [0, 0.05) is 10.3 Å². The summed E-state index contributed by atoms with van der Waals surface area (Å²) in [6.07, 6.45) is 4.43. The molecule has 1 aliphatic rings. The summed E-state index contributed by atoms with van der Waals surface area (Å²) in [5, 5.41) is 0.965. The molecule has 3 aromatic rings. The first-order valence-corrected chi connectivity index (χ1v) is 9.10. The topological polar surface area (TPSA) is 71.1 Å². The molecule has 0 atom stereocenters. The minimum atomic E-state index is -0.430. The zero-order valence-corrected chi connectivity index (χ0v) is 14.4. The number of aryl methyl sites for hydroxylation is 2. The highest BCUT2D eigenvalue weighted by molar-refractivity contribution is 7.14. The molecule has 2 N–H and O–H groups in total. The lowest BCUT2D eigenvalue weighted by atomic mass is 9.99. The molecule has 2 aromatic heterocycles. The second-order valence-electron chi connectivity index (χ2n) is 6.06. The Hall–Kier alpha value is -2.73. The van der Waals surface area contributed by atoms with Crippen molar-refractivity contribution in [3.63, 3.8) is 0 Å². The van der Waals surface area contributed by atoms with Crippen LogP contribution in [0.4, 0.5) is 0 Å². The number of thiophene rings is 1. The summed E-state index contributed by atoms with van der Waals surface area (Å²) >= 11 is 1.51. The summed E-state index contributed by atoms with van der Waals surface area (Å²) in [4.78, 5) is 30.8. The van der Waals surface area contributed by atoms with E-state index in [0.717, 1.165) is 23.7 Å². The van der Waals surface area contributed by atoms with Gasteiger partial charge in [0.2, 0.25) is 0 Å². The molecule has 1 aromatic carbocycles. The van der Waals surface area contributed by atoms with Crippen molar-refractivity contribution in [2.45, 2.75) is 25.7 Å². The third kappa shape index (κ3) is 3.25. The van der Waals surface area contributed by atoms with E-state index in [9.17, 15) is 9.59 Å². The van der Waals surface area contributed by atoms with Crippen molar-refractivity contribution < 1.29 is 9.59 Å². The van der Waals surface area contributed by atoms with Gasteiger partial charge in [0.1, 0.15) is 5.69 Å². The molecule has 126 valence electrons. The molecule has 0 aliphatic heterocycles. The van der Waals surface area contributed by atoms with Gasteiger partial charge in [0.15, 0.2) is 0 Å². The van der Waals surface area contributed by atoms with E-state index in [1.165, 1.54) is 34.6 Å². The van der Waals surface area contributed by atoms with Crippen LogP contribution in [0.25, 0.3) is 10.9 Å². The number of carbonyl (C=O) groups excluding carboxylic acids is 2. The average Bonchev–Trinajstić information content (AvgIpc) is 3.09. The maximum Gasteiger partial charge on any atom is 0.288 e. The second-order valence-corrected chi connectivity index (χ2v) is 7.20. The number of benzene rings is 1. The summed E-state index contributed by atoms with van der Waals surface area (Å²) < 4.78 is 0. The molecule has 0 radical (unpaired) electrons. The number of carbonyl (C=O) groups is 2. The van der Waals surface area contributed by atoms with Crippen molar-refractivity contribution in [2.24, 2.45) is 0 Å². The molecule has 2 amide bonds. The van der Waals surface area contributed by atoms with E-state index in [1.54, 1.807) is 6.07 Å². The minimum Gasteiger partial charge on any atom is -0.266 e. The number of hydrogen-bond acceptors (Lipinski definition) is 4. The third-order valence-corrected chi connectivity index (χ3v) is 5.58. The number of amides is 2. The molecule has 5 nitrogen and oxygen atoms in total. The first kappa shape index (κ1) is 15.8. The number of pyridine rings is 1. The van der Waals surface area contributed by atoms with E-state index in [1.807, 2.05) is 36.4 Å². The number of nitrogens with one attached hydrogen (secondary N) is 2. The van der Waals surface area contributed by atoms with Crippen LogP contribution in [0, 0.1) is 0 Å². The van der Waals surface area contributed by atoms with E-state index in [0.29, 0.717) is 4.88 Å². The molecule has 2 heterocycles. The molecule has 0 saturated heterocycles. The van der Waals surface area contributed by atoms with Crippen LogP contribution in [0.1, 0.15) is 43.4 Å². The number of hydrazine groups is 1. The van der Waals surface area contributed by atoms with Crippen LogP contribution in [0.2, 0.25) is 0 Å². The Morgan fingerprint density at radius 3 is 2.64 bits per heavy atom. The molecule has 0 bridgehead atoms.